The Balaban J connectivity index is 2.29. The number of benzene rings is 2. The second-order valence-electron chi connectivity index (χ2n) is 4.66. The number of fused-ring (bicyclic) bond motifs is 1. The quantitative estimate of drug-likeness (QED) is 0.367. The third kappa shape index (κ3) is 2.64. The predicted molar refractivity (Wildman–Crippen MR) is 91.9 cm³/mol. The van der Waals surface area contributed by atoms with Crippen LogP contribution in [-0.2, 0) is 4.79 Å². The van der Waals surface area contributed by atoms with Crippen LogP contribution in [0.5, 0.6) is 5.75 Å². The van der Waals surface area contributed by atoms with Crippen molar-refractivity contribution in [2.45, 2.75) is 6.92 Å². The summed E-state index contributed by atoms with van der Waals surface area (Å²) in [6.45, 7) is 1.33. The van der Waals surface area contributed by atoms with E-state index in [9.17, 15) is 9.59 Å². The van der Waals surface area contributed by atoms with Crippen LogP contribution in [0.25, 0.3) is 22.3 Å². The molecule has 1 heterocycles. The minimum atomic E-state index is -0.425. The smallest absolute Gasteiger partial charge is 0.308 e. The van der Waals surface area contributed by atoms with Gasteiger partial charge in [0.15, 0.2) is 5.76 Å². The van der Waals surface area contributed by atoms with Gasteiger partial charge in [0, 0.05) is 6.92 Å². The fourth-order valence-corrected chi connectivity index (χ4v) is 2.88. The molecular formula is C17H11IO4. The van der Waals surface area contributed by atoms with E-state index in [1.807, 2.05) is 22.6 Å². The molecule has 0 aliphatic carbocycles. The van der Waals surface area contributed by atoms with Crippen molar-refractivity contribution in [1.82, 2.24) is 0 Å². The van der Waals surface area contributed by atoms with Crippen LogP contribution in [0.15, 0.2) is 57.7 Å². The van der Waals surface area contributed by atoms with Crippen molar-refractivity contribution in [3.8, 4) is 17.1 Å². The van der Waals surface area contributed by atoms with Crippen molar-refractivity contribution in [2.75, 3.05) is 0 Å². The van der Waals surface area contributed by atoms with E-state index in [1.54, 1.807) is 48.5 Å². The van der Waals surface area contributed by atoms with Crippen LogP contribution in [0.3, 0.4) is 0 Å². The van der Waals surface area contributed by atoms with Gasteiger partial charge in [0.05, 0.1) is 10.9 Å². The molecule has 110 valence electrons. The molecule has 0 aliphatic heterocycles. The molecule has 0 saturated carbocycles. The van der Waals surface area contributed by atoms with Crippen molar-refractivity contribution in [3.63, 3.8) is 0 Å². The summed E-state index contributed by atoms with van der Waals surface area (Å²) >= 11 is 1.96. The van der Waals surface area contributed by atoms with Crippen molar-refractivity contribution in [3.05, 3.63) is 62.3 Å². The largest absolute Gasteiger partial charge is 0.455 e. The fourth-order valence-electron chi connectivity index (χ4n) is 2.19. The van der Waals surface area contributed by atoms with Crippen molar-refractivity contribution in [2.24, 2.45) is 0 Å². The molecule has 0 atom stereocenters. The van der Waals surface area contributed by atoms with E-state index < -0.39 is 5.97 Å². The Hall–Kier alpha value is -2.15. The average Bonchev–Trinajstić information content (AvgIpc) is 2.51. The molecule has 0 spiro atoms. The van der Waals surface area contributed by atoms with Crippen LogP contribution < -0.4 is 10.2 Å². The van der Waals surface area contributed by atoms with Crippen LogP contribution in [0.2, 0.25) is 0 Å². The number of carbonyl (C=O) groups is 1. The van der Waals surface area contributed by atoms with Gasteiger partial charge >= 0.3 is 5.97 Å². The van der Waals surface area contributed by atoms with Gasteiger partial charge in [-0.1, -0.05) is 24.3 Å². The molecule has 0 N–H and O–H groups in total. The molecule has 3 aromatic rings. The van der Waals surface area contributed by atoms with E-state index in [4.69, 9.17) is 9.15 Å². The molecule has 0 saturated heterocycles. The number of rotatable bonds is 2. The maximum Gasteiger partial charge on any atom is 0.308 e. The Labute approximate surface area is 139 Å². The van der Waals surface area contributed by atoms with E-state index in [-0.39, 0.29) is 5.43 Å². The summed E-state index contributed by atoms with van der Waals surface area (Å²) in [6, 6.07) is 14.1. The maximum atomic E-state index is 12.5. The Morgan fingerprint density at radius 1 is 1.09 bits per heavy atom. The van der Waals surface area contributed by atoms with Gasteiger partial charge in [-0.25, -0.2) is 0 Å². The first-order valence-corrected chi connectivity index (χ1v) is 7.65. The SMILES string of the molecule is CC(=O)Oc1ccccc1-c1oc2ccccc2c(=O)c1I. The van der Waals surface area contributed by atoms with Crippen molar-refractivity contribution < 1.29 is 13.9 Å². The molecule has 0 radical (unpaired) electrons. The van der Waals surface area contributed by atoms with E-state index in [1.165, 1.54) is 6.92 Å². The summed E-state index contributed by atoms with van der Waals surface area (Å²) in [5.74, 6) is 0.345. The predicted octanol–water partition coefficient (Wildman–Crippen LogP) is 3.99. The van der Waals surface area contributed by atoms with Crippen molar-refractivity contribution in [1.29, 1.82) is 0 Å². The zero-order valence-electron chi connectivity index (χ0n) is 11.6. The summed E-state index contributed by atoms with van der Waals surface area (Å²) in [5.41, 5.74) is 0.973. The zero-order valence-corrected chi connectivity index (χ0v) is 13.8. The Morgan fingerprint density at radius 2 is 1.77 bits per heavy atom. The van der Waals surface area contributed by atoms with Gasteiger partial charge in [0.25, 0.3) is 0 Å². The summed E-state index contributed by atoms with van der Waals surface area (Å²) < 4.78 is 11.5. The highest BCUT2D eigenvalue weighted by molar-refractivity contribution is 14.1. The van der Waals surface area contributed by atoms with Gasteiger partial charge in [-0.2, -0.15) is 0 Å². The van der Waals surface area contributed by atoms with E-state index in [0.29, 0.717) is 31.6 Å². The summed E-state index contributed by atoms with van der Waals surface area (Å²) in [7, 11) is 0. The molecule has 0 fully saturated rings. The Bertz CT molecular complexity index is 927. The van der Waals surface area contributed by atoms with Crippen LogP contribution in [0.1, 0.15) is 6.92 Å². The minimum absolute atomic E-state index is 0.102. The summed E-state index contributed by atoms with van der Waals surface area (Å²) in [6.07, 6.45) is 0. The normalized spacial score (nSPS) is 10.6. The van der Waals surface area contributed by atoms with Crippen molar-refractivity contribution >= 4 is 39.5 Å². The van der Waals surface area contributed by atoms with E-state index in [0.717, 1.165) is 0 Å². The lowest BCUT2D eigenvalue weighted by molar-refractivity contribution is -0.131. The van der Waals surface area contributed by atoms with Gasteiger partial charge in [-0.3, -0.25) is 9.59 Å². The molecule has 3 rings (SSSR count). The second-order valence-corrected chi connectivity index (χ2v) is 5.74. The molecule has 22 heavy (non-hydrogen) atoms. The van der Waals surface area contributed by atoms with Crippen LogP contribution in [0.4, 0.5) is 0 Å². The van der Waals surface area contributed by atoms with Crippen LogP contribution in [-0.4, -0.2) is 5.97 Å². The highest BCUT2D eigenvalue weighted by Gasteiger charge is 2.17. The molecule has 0 amide bonds. The van der Waals surface area contributed by atoms with Gasteiger partial charge in [-0.05, 0) is 46.9 Å². The Kier molecular flexibility index (Phi) is 3.98. The van der Waals surface area contributed by atoms with Gasteiger partial charge in [0.1, 0.15) is 14.9 Å². The number of hydrogen-bond acceptors (Lipinski definition) is 4. The third-order valence-electron chi connectivity index (χ3n) is 3.13. The summed E-state index contributed by atoms with van der Waals surface area (Å²) in [4.78, 5) is 23.7. The molecular weight excluding hydrogens is 395 g/mol. The topological polar surface area (TPSA) is 56.5 Å². The minimum Gasteiger partial charge on any atom is -0.455 e. The highest BCUT2D eigenvalue weighted by Crippen LogP contribution is 2.33. The van der Waals surface area contributed by atoms with Gasteiger partial charge in [-0.15, -0.1) is 0 Å². The first-order valence-electron chi connectivity index (χ1n) is 6.57. The van der Waals surface area contributed by atoms with E-state index in [2.05, 4.69) is 0 Å². The number of hydrogen-bond donors (Lipinski definition) is 0. The van der Waals surface area contributed by atoms with E-state index >= 15 is 0 Å². The highest BCUT2D eigenvalue weighted by atomic mass is 127. The zero-order chi connectivity index (χ0) is 15.7. The lowest BCUT2D eigenvalue weighted by Crippen LogP contribution is -2.08. The molecule has 0 unspecified atom stereocenters. The Morgan fingerprint density at radius 3 is 2.55 bits per heavy atom. The summed E-state index contributed by atoms with van der Waals surface area (Å²) in [5, 5.41) is 0.528. The number of esters is 1. The molecule has 0 aliphatic rings. The van der Waals surface area contributed by atoms with Crippen LogP contribution >= 0.6 is 22.6 Å². The van der Waals surface area contributed by atoms with Crippen LogP contribution in [0, 0.1) is 3.57 Å². The number of ether oxygens (including phenoxy) is 1. The molecule has 0 bridgehead atoms. The molecule has 4 nitrogen and oxygen atoms in total. The van der Waals surface area contributed by atoms with Gasteiger partial charge < -0.3 is 9.15 Å². The molecule has 1 aromatic heterocycles. The third-order valence-corrected chi connectivity index (χ3v) is 4.11. The second kappa shape index (κ2) is 5.92. The fraction of sp³-hybridized carbons (Fsp3) is 0.0588. The maximum absolute atomic E-state index is 12.5. The first-order chi connectivity index (χ1) is 10.6. The number of carbonyl (C=O) groups excluding carboxylic acids is 1. The number of para-hydroxylation sites is 2. The standard InChI is InChI=1S/C17H11IO4/c1-10(19)21-14-9-5-3-7-12(14)17-15(18)16(20)11-6-2-4-8-13(11)22-17/h2-9H,1H3. The number of halogens is 1. The first kappa shape index (κ1) is 14.8. The lowest BCUT2D eigenvalue weighted by Gasteiger charge is -2.10. The van der Waals surface area contributed by atoms with Gasteiger partial charge in [0.2, 0.25) is 5.43 Å². The lowest BCUT2D eigenvalue weighted by atomic mass is 10.1. The average molecular weight is 406 g/mol. The molecule has 2 aromatic carbocycles. The molecule has 5 heteroatoms. The monoisotopic (exact) mass is 406 g/mol.